The average Bonchev–Trinajstić information content (AvgIpc) is 2.93. The molecule has 6 heteroatoms. The van der Waals surface area contributed by atoms with Gasteiger partial charge in [-0.3, -0.25) is 4.79 Å². The summed E-state index contributed by atoms with van der Waals surface area (Å²) < 4.78 is 0. The van der Waals surface area contributed by atoms with Crippen molar-refractivity contribution < 1.29 is 4.79 Å². The van der Waals surface area contributed by atoms with Crippen molar-refractivity contribution in [3.8, 4) is 18.2 Å². The lowest BCUT2D eigenvalue weighted by atomic mass is 10.2. The van der Waals surface area contributed by atoms with E-state index < -0.39 is 0 Å². The first-order valence-electron chi connectivity index (χ1n) is 6.32. The fourth-order valence-corrected chi connectivity index (χ4v) is 2.14. The van der Waals surface area contributed by atoms with Gasteiger partial charge in [0, 0.05) is 13.0 Å². The van der Waals surface area contributed by atoms with Crippen LogP contribution in [0.25, 0.3) is 0 Å². The number of para-hydroxylation sites is 2. The highest BCUT2D eigenvalue weighted by Crippen LogP contribution is 2.30. The number of carbonyl (C=O) groups is 1. The molecule has 1 fully saturated rings. The Hall–Kier alpha value is -3.30. The van der Waals surface area contributed by atoms with Gasteiger partial charge in [-0.15, -0.1) is 0 Å². The van der Waals surface area contributed by atoms with Gasteiger partial charge < -0.3 is 10.2 Å². The number of benzene rings is 1. The highest BCUT2D eigenvalue weighted by molar-refractivity contribution is 5.98. The van der Waals surface area contributed by atoms with E-state index in [0.717, 1.165) is 6.42 Å². The Labute approximate surface area is 122 Å². The number of anilines is 2. The van der Waals surface area contributed by atoms with E-state index in [-0.39, 0.29) is 17.2 Å². The van der Waals surface area contributed by atoms with Gasteiger partial charge in [0.15, 0.2) is 5.57 Å². The van der Waals surface area contributed by atoms with Crippen LogP contribution in [0.5, 0.6) is 0 Å². The minimum atomic E-state index is -0.292. The monoisotopic (exact) mass is 277 g/mol. The molecule has 1 aromatic rings. The molecule has 0 bridgehead atoms. The number of amides is 1. The molecule has 6 nitrogen and oxygen atoms in total. The molecular formula is C15H11N5O. The standard InChI is InChI=1S/C15H11N5O/c16-8-11(9-17)13(10-18)19-12-4-1-2-5-14(12)20-7-3-6-15(20)21/h1-2,4-5,19H,3,6-7H2. The van der Waals surface area contributed by atoms with Gasteiger partial charge in [0.05, 0.1) is 11.4 Å². The Balaban J connectivity index is 2.41. The van der Waals surface area contributed by atoms with Crippen LogP contribution < -0.4 is 10.2 Å². The first-order chi connectivity index (χ1) is 10.2. The van der Waals surface area contributed by atoms with E-state index in [0.29, 0.717) is 24.3 Å². The first kappa shape index (κ1) is 14.1. The summed E-state index contributed by atoms with van der Waals surface area (Å²) in [5, 5.41) is 29.5. The highest BCUT2D eigenvalue weighted by atomic mass is 16.2. The molecule has 0 spiro atoms. The summed E-state index contributed by atoms with van der Waals surface area (Å²) in [6.45, 7) is 0.618. The fourth-order valence-electron chi connectivity index (χ4n) is 2.14. The molecule has 1 aromatic carbocycles. The van der Waals surface area contributed by atoms with Crippen LogP contribution in [0.15, 0.2) is 35.5 Å². The summed E-state index contributed by atoms with van der Waals surface area (Å²) >= 11 is 0. The maximum absolute atomic E-state index is 11.8. The molecule has 0 saturated carbocycles. The van der Waals surface area contributed by atoms with E-state index in [2.05, 4.69) is 5.32 Å². The number of hydrogen-bond donors (Lipinski definition) is 1. The van der Waals surface area contributed by atoms with Crippen LogP contribution in [-0.4, -0.2) is 12.5 Å². The number of allylic oxidation sites excluding steroid dienone is 2. The normalized spacial score (nSPS) is 13.0. The zero-order valence-electron chi connectivity index (χ0n) is 11.1. The molecule has 1 aliphatic heterocycles. The highest BCUT2D eigenvalue weighted by Gasteiger charge is 2.24. The second kappa shape index (κ2) is 6.23. The largest absolute Gasteiger partial charge is 0.343 e. The molecule has 0 unspecified atom stereocenters. The van der Waals surface area contributed by atoms with Gasteiger partial charge in [-0.05, 0) is 18.6 Å². The average molecular weight is 277 g/mol. The maximum Gasteiger partial charge on any atom is 0.227 e. The van der Waals surface area contributed by atoms with Gasteiger partial charge in [-0.25, -0.2) is 0 Å². The molecule has 0 aliphatic carbocycles. The van der Waals surface area contributed by atoms with Crippen molar-refractivity contribution in [2.45, 2.75) is 12.8 Å². The fraction of sp³-hybridized carbons (Fsp3) is 0.200. The van der Waals surface area contributed by atoms with Crippen molar-refractivity contribution >= 4 is 17.3 Å². The number of rotatable bonds is 3. The van der Waals surface area contributed by atoms with Gasteiger partial charge in [-0.1, -0.05) is 12.1 Å². The van der Waals surface area contributed by atoms with Crippen molar-refractivity contribution in [3.05, 3.63) is 35.5 Å². The van der Waals surface area contributed by atoms with Crippen molar-refractivity contribution in [3.63, 3.8) is 0 Å². The van der Waals surface area contributed by atoms with Crippen LogP contribution >= 0.6 is 0 Å². The van der Waals surface area contributed by atoms with Crippen LogP contribution in [0.4, 0.5) is 11.4 Å². The second-order valence-corrected chi connectivity index (χ2v) is 4.38. The Morgan fingerprint density at radius 2 is 1.86 bits per heavy atom. The Morgan fingerprint density at radius 1 is 1.14 bits per heavy atom. The molecule has 0 atom stereocenters. The maximum atomic E-state index is 11.8. The molecular weight excluding hydrogens is 266 g/mol. The Morgan fingerprint density at radius 3 is 2.43 bits per heavy atom. The predicted molar refractivity (Wildman–Crippen MR) is 75.5 cm³/mol. The minimum Gasteiger partial charge on any atom is -0.343 e. The summed E-state index contributed by atoms with van der Waals surface area (Å²) in [5.74, 6) is 0.0209. The lowest BCUT2D eigenvalue weighted by molar-refractivity contribution is -0.117. The predicted octanol–water partition coefficient (Wildman–Crippen LogP) is 2.05. The third kappa shape index (κ3) is 2.83. The van der Waals surface area contributed by atoms with E-state index in [1.165, 1.54) is 0 Å². The van der Waals surface area contributed by atoms with E-state index >= 15 is 0 Å². The number of carbonyl (C=O) groups excluding carboxylic acids is 1. The van der Waals surface area contributed by atoms with Gasteiger partial charge in [0.25, 0.3) is 0 Å². The Bertz CT molecular complexity index is 714. The van der Waals surface area contributed by atoms with Gasteiger partial charge in [0.1, 0.15) is 23.9 Å². The number of hydrogen-bond acceptors (Lipinski definition) is 5. The smallest absolute Gasteiger partial charge is 0.227 e. The molecule has 1 saturated heterocycles. The van der Waals surface area contributed by atoms with Crippen LogP contribution in [0.3, 0.4) is 0 Å². The SMILES string of the molecule is N#CC(C#N)=C(C#N)Nc1ccccc1N1CCCC1=O. The summed E-state index contributed by atoms with van der Waals surface area (Å²) in [5.41, 5.74) is 0.745. The van der Waals surface area contributed by atoms with Gasteiger partial charge >= 0.3 is 0 Å². The quantitative estimate of drug-likeness (QED) is 0.851. The summed E-state index contributed by atoms with van der Waals surface area (Å²) in [7, 11) is 0. The van der Waals surface area contributed by atoms with Crippen LogP contribution in [-0.2, 0) is 4.79 Å². The third-order valence-electron chi connectivity index (χ3n) is 3.11. The van der Waals surface area contributed by atoms with Gasteiger partial charge in [0.2, 0.25) is 5.91 Å². The summed E-state index contributed by atoms with van der Waals surface area (Å²) in [4.78, 5) is 13.5. The molecule has 1 heterocycles. The van der Waals surface area contributed by atoms with Crippen LogP contribution in [0.2, 0.25) is 0 Å². The topological polar surface area (TPSA) is 104 Å². The zero-order valence-corrected chi connectivity index (χ0v) is 11.1. The Kier molecular flexibility index (Phi) is 4.19. The van der Waals surface area contributed by atoms with Crippen LogP contribution in [0, 0.1) is 34.0 Å². The van der Waals surface area contributed by atoms with E-state index in [1.807, 2.05) is 0 Å². The zero-order chi connectivity index (χ0) is 15.2. The number of nitriles is 3. The molecule has 102 valence electrons. The summed E-state index contributed by atoms with van der Waals surface area (Å²) in [6, 6.07) is 12.1. The third-order valence-corrected chi connectivity index (χ3v) is 3.11. The lowest BCUT2D eigenvalue weighted by Crippen LogP contribution is -2.24. The van der Waals surface area contributed by atoms with E-state index in [1.54, 1.807) is 47.4 Å². The molecule has 2 rings (SSSR count). The van der Waals surface area contributed by atoms with Crippen molar-refractivity contribution in [2.75, 3.05) is 16.8 Å². The first-order valence-corrected chi connectivity index (χ1v) is 6.32. The molecule has 21 heavy (non-hydrogen) atoms. The summed E-state index contributed by atoms with van der Waals surface area (Å²) in [6.07, 6.45) is 1.28. The number of nitrogens with one attached hydrogen (secondary N) is 1. The molecule has 1 amide bonds. The minimum absolute atomic E-state index is 0.0209. The van der Waals surface area contributed by atoms with Crippen molar-refractivity contribution in [1.82, 2.24) is 0 Å². The molecule has 1 aliphatic rings. The molecule has 0 radical (unpaired) electrons. The lowest BCUT2D eigenvalue weighted by Gasteiger charge is -2.20. The molecule has 0 aromatic heterocycles. The number of nitrogens with zero attached hydrogens (tertiary/aromatic N) is 4. The second-order valence-electron chi connectivity index (χ2n) is 4.38. The van der Waals surface area contributed by atoms with E-state index in [9.17, 15) is 4.79 Å². The van der Waals surface area contributed by atoms with Crippen molar-refractivity contribution in [1.29, 1.82) is 15.8 Å². The molecule has 1 N–H and O–H groups in total. The van der Waals surface area contributed by atoms with Crippen molar-refractivity contribution in [2.24, 2.45) is 0 Å². The van der Waals surface area contributed by atoms with Crippen LogP contribution in [0.1, 0.15) is 12.8 Å². The van der Waals surface area contributed by atoms with Gasteiger partial charge in [-0.2, -0.15) is 15.8 Å². The van der Waals surface area contributed by atoms with E-state index in [4.69, 9.17) is 15.8 Å².